The Balaban J connectivity index is 2.25. The van der Waals surface area contributed by atoms with E-state index < -0.39 is 0 Å². The Bertz CT molecular complexity index is 594. The van der Waals surface area contributed by atoms with Crippen molar-refractivity contribution in [3.8, 4) is 5.75 Å². The first kappa shape index (κ1) is 14.1. The van der Waals surface area contributed by atoms with Crippen molar-refractivity contribution in [1.82, 2.24) is 0 Å². The van der Waals surface area contributed by atoms with Gasteiger partial charge in [-0.05, 0) is 65.3 Å². The van der Waals surface area contributed by atoms with Gasteiger partial charge in [0.2, 0.25) is 0 Å². The van der Waals surface area contributed by atoms with Crippen molar-refractivity contribution in [1.29, 1.82) is 0 Å². The maximum atomic E-state index is 12.3. The number of benzene rings is 2. The summed E-state index contributed by atoms with van der Waals surface area (Å²) in [6, 6.07) is 12.3. The van der Waals surface area contributed by atoms with E-state index in [1.807, 2.05) is 6.92 Å². The van der Waals surface area contributed by atoms with Crippen molar-refractivity contribution >= 4 is 33.3 Å². The van der Waals surface area contributed by atoms with E-state index >= 15 is 0 Å². The van der Waals surface area contributed by atoms with Crippen LogP contribution in [0.4, 0.5) is 0 Å². The van der Waals surface area contributed by atoms with Gasteiger partial charge in [0.1, 0.15) is 5.75 Å². The van der Waals surface area contributed by atoms with E-state index in [0.29, 0.717) is 22.8 Å². The van der Waals surface area contributed by atoms with E-state index in [9.17, 15) is 4.79 Å². The number of carbonyl (C=O) groups is 1. The second kappa shape index (κ2) is 6.22. The highest BCUT2D eigenvalue weighted by molar-refractivity contribution is 9.10. The van der Waals surface area contributed by atoms with Gasteiger partial charge < -0.3 is 4.74 Å². The fourth-order valence-corrected chi connectivity index (χ4v) is 2.10. The lowest BCUT2D eigenvalue weighted by molar-refractivity contribution is 0.103. The molecule has 98 valence electrons. The number of hydrogen-bond donors (Lipinski definition) is 0. The Morgan fingerprint density at radius 1 is 1.16 bits per heavy atom. The summed E-state index contributed by atoms with van der Waals surface area (Å²) in [5.41, 5.74) is 1.18. The summed E-state index contributed by atoms with van der Waals surface area (Å²) >= 11 is 9.29. The van der Waals surface area contributed by atoms with Crippen LogP contribution >= 0.6 is 27.5 Å². The van der Waals surface area contributed by atoms with Gasteiger partial charge in [-0.2, -0.15) is 0 Å². The highest BCUT2D eigenvalue weighted by Gasteiger charge is 2.10. The first-order valence-corrected chi connectivity index (χ1v) is 7.01. The molecular weight excluding hydrogens is 328 g/mol. The molecule has 2 nitrogen and oxygen atoms in total. The van der Waals surface area contributed by atoms with Gasteiger partial charge in [0.15, 0.2) is 5.78 Å². The van der Waals surface area contributed by atoms with Crippen molar-refractivity contribution in [3.05, 3.63) is 63.1 Å². The second-order valence-corrected chi connectivity index (χ2v) is 5.18. The summed E-state index contributed by atoms with van der Waals surface area (Å²) in [4.78, 5) is 12.3. The zero-order valence-corrected chi connectivity index (χ0v) is 12.7. The van der Waals surface area contributed by atoms with Gasteiger partial charge in [-0.15, -0.1) is 0 Å². The predicted octanol–water partition coefficient (Wildman–Crippen LogP) is 4.73. The second-order valence-electron chi connectivity index (χ2n) is 3.92. The molecule has 0 atom stereocenters. The van der Waals surface area contributed by atoms with E-state index in [0.717, 1.165) is 10.2 Å². The van der Waals surface area contributed by atoms with Gasteiger partial charge in [0, 0.05) is 15.6 Å². The normalized spacial score (nSPS) is 10.3. The summed E-state index contributed by atoms with van der Waals surface area (Å²) in [6.45, 7) is 2.53. The Kier molecular flexibility index (Phi) is 4.61. The molecule has 0 saturated heterocycles. The summed E-state index contributed by atoms with van der Waals surface area (Å²) < 4.78 is 6.12. The molecule has 0 aliphatic heterocycles. The molecule has 0 aliphatic carbocycles. The number of halogens is 2. The smallest absolute Gasteiger partial charge is 0.193 e. The number of ketones is 1. The van der Waals surface area contributed by atoms with Crippen LogP contribution in [0.15, 0.2) is 46.9 Å². The molecule has 0 radical (unpaired) electrons. The fourth-order valence-electron chi connectivity index (χ4n) is 1.67. The molecule has 0 heterocycles. The highest BCUT2D eigenvalue weighted by Crippen LogP contribution is 2.24. The largest absolute Gasteiger partial charge is 0.494 e. The zero-order chi connectivity index (χ0) is 13.8. The minimum atomic E-state index is -0.0579. The summed E-state index contributed by atoms with van der Waals surface area (Å²) in [5.74, 6) is 0.699. The summed E-state index contributed by atoms with van der Waals surface area (Å²) in [7, 11) is 0. The minimum Gasteiger partial charge on any atom is -0.494 e. The van der Waals surface area contributed by atoms with E-state index in [1.54, 1.807) is 42.5 Å². The van der Waals surface area contributed by atoms with Gasteiger partial charge in [0.25, 0.3) is 0 Å². The molecule has 19 heavy (non-hydrogen) atoms. The van der Waals surface area contributed by atoms with Crippen LogP contribution in [0.1, 0.15) is 22.8 Å². The summed E-state index contributed by atoms with van der Waals surface area (Å²) in [6.07, 6.45) is 0. The molecule has 0 bridgehead atoms. The topological polar surface area (TPSA) is 26.3 Å². The molecule has 2 aromatic rings. The van der Waals surface area contributed by atoms with Gasteiger partial charge in [-0.3, -0.25) is 4.79 Å². The molecule has 0 aromatic heterocycles. The quantitative estimate of drug-likeness (QED) is 0.753. The van der Waals surface area contributed by atoms with Crippen LogP contribution in [-0.4, -0.2) is 12.4 Å². The molecule has 4 heteroatoms. The summed E-state index contributed by atoms with van der Waals surface area (Å²) in [5, 5.41) is 0.525. The molecular formula is C15H12BrClO2. The van der Waals surface area contributed by atoms with Crippen LogP contribution in [-0.2, 0) is 0 Å². The Labute approximate surface area is 125 Å². The monoisotopic (exact) mass is 338 g/mol. The van der Waals surface area contributed by atoms with E-state index in [-0.39, 0.29) is 5.78 Å². The number of rotatable bonds is 4. The lowest BCUT2D eigenvalue weighted by Gasteiger charge is -2.05. The first-order valence-electron chi connectivity index (χ1n) is 5.84. The third kappa shape index (κ3) is 3.37. The van der Waals surface area contributed by atoms with Crippen LogP contribution in [0.3, 0.4) is 0 Å². The third-order valence-electron chi connectivity index (χ3n) is 2.61. The highest BCUT2D eigenvalue weighted by atomic mass is 79.9. The lowest BCUT2D eigenvalue weighted by Crippen LogP contribution is -2.01. The molecule has 0 unspecified atom stereocenters. The van der Waals surface area contributed by atoms with E-state index in [2.05, 4.69) is 15.9 Å². The predicted molar refractivity (Wildman–Crippen MR) is 80.2 cm³/mol. The fraction of sp³-hybridized carbons (Fsp3) is 0.133. The molecule has 2 aromatic carbocycles. The van der Waals surface area contributed by atoms with Crippen molar-refractivity contribution in [2.45, 2.75) is 6.92 Å². The number of ether oxygens (including phenoxy) is 1. The van der Waals surface area contributed by atoms with Crippen LogP contribution in [0.5, 0.6) is 5.75 Å². The van der Waals surface area contributed by atoms with E-state index in [4.69, 9.17) is 16.3 Å². The first-order chi connectivity index (χ1) is 9.11. The van der Waals surface area contributed by atoms with Gasteiger partial charge >= 0.3 is 0 Å². The van der Waals surface area contributed by atoms with Gasteiger partial charge in [0.05, 0.1) is 11.6 Å². The van der Waals surface area contributed by atoms with Crippen molar-refractivity contribution in [2.75, 3.05) is 6.61 Å². The average Bonchev–Trinajstić information content (AvgIpc) is 2.42. The maximum Gasteiger partial charge on any atom is 0.193 e. The third-order valence-corrected chi connectivity index (χ3v) is 3.84. The molecule has 2 rings (SSSR count). The average molecular weight is 340 g/mol. The van der Waals surface area contributed by atoms with Crippen molar-refractivity contribution in [2.24, 2.45) is 0 Å². The van der Waals surface area contributed by atoms with Crippen molar-refractivity contribution < 1.29 is 9.53 Å². The molecule has 0 fully saturated rings. The van der Waals surface area contributed by atoms with Gasteiger partial charge in [-0.25, -0.2) is 0 Å². The standard InChI is InChI=1S/C15H12BrClO2/c1-2-19-12-6-3-10(4-7-12)15(18)11-5-8-13(16)14(17)9-11/h3-9H,2H2,1H3. The van der Waals surface area contributed by atoms with Crippen LogP contribution < -0.4 is 4.74 Å². The Morgan fingerprint density at radius 2 is 1.79 bits per heavy atom. The Morgan fingerprint density at radius 3 is 2.37 bits per heavy atom. The molecule has 0 spiro atoms. The van der Waals surface area contributed by atoms with Gasteiger partial charge in [-0.1, -0.05) is 11.6 Å². The molecule has 0 N–H and O–H groups in total. The van der Waals surface area contributed by atoms with E-state index in [1.165, 1.54) is 0 Å². The number of carbonyl (C=O) groups excluding carboxylic acids is 1. The molecule has 0 aliphatic rings. The Hall–Kier alpha value is -1.32. The SMILES string of the molecule is CCOc1ccc(C(=O)c2ccc(Br)c(Cl)c2)cc1. The molecule has 0 amide bonds. The van der Waals surface area contributed by atoms with Crippen LogP contribution in [0.25, 0.3) is 0 Å². The lowest BCUT2D eigenvalue weighted by atomic mass is 10.0. The maximum absolute atomic E-state index is 12.3. The van der Waals surface area contributed by atoms with Crippen LogP contribution in [0, 0.1) is 0 Å². The minimum absolute atomic E-state index is 0.0579. The van der Waals surface area contributed by atoms with Crippen molar-refractivity contribution in [3.63, 3.8) is 0 Å². The number of hydrogen-bond acceptors (Lipinski definition) is 2. The molecule has 0 saturated carbocycles. The zero-order valence-electron chi connectivity index (χ0n) is 10.3. The van der Waals surface area contributed by atoms with Crippen LogP contribution in [0.2, 0.25) is 5.02 Å².